The third-order valence-electron chi connectivity index (χ3n) is 3.54. The number of nitrogens with zero attached hydrogens (tertiary/aromatic N) is 2. The molecule has 0 aromatic heterocycles. The van der Waals surface area contributed by atoms with Gasteiger partial charge >= 0.3 is 6.03 Å². The minimum Gasteiger partial charge on any atom is -0.333 e. The zero-order valence-corrected chi connectivity index (χ0v) is 14.5. The molecular formula is C16H17BrFN3O3. The lowest BCUT2D eigenvalue weighted by atomic mass is 10.2. The molecule has 1 fully saturated rings. The molecule has 1 aliphatic rings. The van der Waals surface area contributed by atoms with Crippen molar-refractivity contribution in [3.05, 3.63) is 46.7 Å². The maximum absolute atomic E-state index is 13.9. The normalized spacial score (nSPS) is 14.3. The topological polar surface area (TPSA) is 69.7 Å². The molecule has 0 radical (unpaired) electrons. The van der Waals surface area contributed by atoms with Crippen LogP contribution in [0.3, 0.4) is 0 Å². The van der Waals surface area contributed by atoms with Gasteiger partial charge in [0.1, 0.15) is 12.4 Å². The molecule has 1 aromatic carbocycles. The van der Waals surface area contributed by atoms with Crippen molar-refractivity contribution in [2.24, 2.45) is 0 Å². The molecule has 1 heterocycles. The molecule has 0 bridgehead atoms. The van der Waals surface area contributed by atoms with Gasteiger partial charge in [0.15, 0.2) is 0 Å². The highest BCUT2D eigenvalue weighted by atomic mass is 79.9. The van der Waals surface area contributed by atoms with Gasteiger partial charge in [0.05, 0.1) is 0 Å². The summed E-state index contributed by atoms with van der Waals surface area (Å²) in [4.78, 5) is 38.0. The fourth-order valence-corrected chi connectivity index (χ4v) is 2.70. The van der Waals surface area contributed by atoms with Crippen LogP contribution in [0.25, 0.3) is 0 Å². The predicted octanol–water partition coefficient (Wildman–Crippen LogP) is 2.04. The van der Waals surface area contributed by atoms with Crippen LogP contribution in [0.4, 0.5) is 9.18 Å². The van der Waals surface area contributed by atoms with Crippen LogP contribution in [0.5, 0.6) is 0 Å². The number of carbonyl (C=O) groups excluding carboxylic acids is 3. The summed E-state index contributed by atoms with van der Waals surface area (Å²) in [5.74, 6) is -1.12. The average molecular weight is 398 g/mol. The van der Waals surface area contributed by atoms with Gasteiger partial charge in [0, 0.05) is 36.1 Å². The second kappa shape index (κ2) is 8.05. The highest BCUT2D eigenvalue weighted by Gasteiger charge is 2.26. The molecule has 0 saturated carbocycles. The van der Waals surface area contributed by atoms with Crippen molar-refractivity contribution in [3.63, 3.8) is 0 Å². The van der Waals surface area contributed by atoms with Crippen LogP contribution in [-0.2, 0) is 16.1 Å². The van der Waals surface area contributed by atoms with Crippen molar-refractivity contribution < 1.29 is 18.8 Å². The second-order valence-electron chi connectivity index (χ2n) is 5.32. The third-order valence-corrected chi connectivity index (χ3v) is 4.03. The van der Waals surface area contributed by atoms with Crippen LogP contribution in [0, 0.1) is 5.82 Å². The van der Waals surface area contributed by atoms with E-state index in [0.717, 1.165) is 0 Å². The van der Waals surface area contributed by atoms with Crippen LogP contribution in [0.1, 0.15) is 12.0 Å². The SMILES string of the molecule is C=CCN(Cc1cc(Br)ccc1F)C(=O)CN1CCC(=O)NC1=O. The predicted molar refractivity (Wildman–Crippen MR) is 89.4 cm³/mol. The number of hydrogen-bond acceptors (Lipinski definition) is 3. The smallest absolute Gasteiger partial charge is 0.324 e. The zero-order valence-electron chi connectivity index (χ0n) is 12.9. The minimum atomic E-state index is -0.591. The molecule has 6 nitrogen and oxygen atoms in total. The molecule has 8 heteroatoms. The number of benzene rings is 1. The lowest BCUT2D eigenvalue weighted by molar-refractivity contribution is -0.133. The van der Waals surface area contributed by atoms with Crippen molar-refractivity contribution in [3.8, 4) is 0 Å². The maximum Gasteiger partial charge on any atom is 0.324 e. The molecule has 1 saturated heterocycles. The van der Waals surface area contributed by atoms with E-state index in [1.54, 1.807) is 12.1 Å². The van der Waals surface area contributed by atoms with Crippen molar-refractivity contribution in [1.82, 2.24) is 15.1 Å². The molecular weight excluding hydrogens is 381 g/mol. The number of nitrogens with one attached hydrogen (secondary N) is 1. The first-order valence-electron chi connectivity index (χ1n) is 7.32. The van der Waals surface area contributed by atoms with Crippen LogP contribution in [0.15, 0.2) is 35.3 Å². The summed E-state index contributed by atoms with van der Waals surface area (Å²) < 4.78 is 14.6. The van der Waals surface area contributed by atoms with Crippen LogP contribution < -0.4 is 5.32 Å². The monoisotopic (exact) mass is 397 g/mol. The first-order chi connectivity index (χ1) is 11.4. The Balaban J connectivity index is 2.07. The van der Waals surface area contributed by atoms with E-state index in [4.69, 9.17) is 0 Å². The minimum absolute atomic E-state index is 0.0600. The quantitative estimate of drug-likeness (QED) is 0.746. The molecule has 1 aliphatic heterocycles. The largest absolute Gasteiger partial charge is 0.333 e. The Morgan fingerprint density at radius 3 is 2.88 bits per heavy atom. The van der Waals surface area contributed by atoms with E-state index in [1.165, 1.54) is 21.9 Å². The highest BCUT2D eigenvalue weighted by molar-refractivity contribution is 9.10. The Labute approximate surface area is 147 Å². The van der Waals surface area contributed by atoms with Crippen molar-refractivity contribution >= 4 is 33.8 Å². The molecule has 0 aliphatic carbocycles. The second-order valence-corrected chi connectivity index (χ2v) is 6.24. The lowest BCUT2D eigenvalue weighted by Crippen LogP contribution is -2.52. The Morgan fingerprint density at radius 2 is 2.21 bits per heavy atom. The van der Waals surface area contributed by atoms with Crippen molar-refractivity contribution in [2.75, 3.05) is 19.6 Å². The molecule has 1 aromatic rings. The maximum atomic E-state index is 13.9. The Bertz CT molecular complexity index is 681. The highest BCUT2D eigenvalue weighted by Crippen LogP contribution is 2.17. The van der Waals surface area contributed by atoms with Gasteiger partial charge in [-0.3, -0.25) is 14.9 Å². The molecule has 128 valence electrons. The Kier molecular flexibility index (Phi) is 6.08. The van der Waals surface area contributed by atoms with E-state index in [9.17, 15) is 18.8 Å². The summed E-state index contributed by atoms with van der Waals surface area (Å²) in [6, 6.07) is 3.91. The van der Waals surface area contributed by atoms with Gasteiger partial charge in [-0.1, -0.05) is 22.0 Å². The summed E-state index contributed by atoms with van der Waals surface area (Å²) in [7, 11) is 0. The summed E-state index contributed by atoms with van der Waals surface area (Å²) in [5, 5.41) is 2.16. The number of imide groups is 1. The zero-order chi connectivity index (χ0) is 17.7. The van der Waals surface area contributed by atoms with E-state index < -0.39 is 11.8 Å². The molecule has 2 rings (SSSR count). The van der Waals surface area contributed by atoms with Gasteiger partial charge in [0.2, 0.25) is 11.8 Å². The lowest BCUT2D eigenvalue weighted by Gasteiger charge is -2.29. The molecule has 1 N–H and O–H groups in total. The van der Waals surface area contributed by atoms with Gasteiger partial charge < -0.3 is 9.80 Å². The van der Waals surface area contributed by atoms with Crippen LogP contribution >= 0.6 is 15.9 Å². The van der Waals surface area contributed by atoms with Gasteiger partial charge in [-0.05, 0) is 18.2 Å². The van der Waals surface area contributed by atoms with E-state index in [1.807, 2.05) is 0 Å². The Morgan fingerprint density at radius 1 is 1.46 bits per heavy atom. The molecule has 4 amide bonds. The molecule has 0 spiro atoms. The average Bonchev–Trinajstić information content (AvgIpc) is 2.53. The summed E-state index contributed by atoms with van der Waals surface area (Å²) in [6.07, 6.45) is 1.69. The fourth-order valence-electron chi connectivity index (χ4n) is 2.29. The fraction of sp³-hybridized carbons (Fsp3) is 0.312. The van der Waals surface area contributed by atoms with Crippen molar-refractivity contribution in [1.29, 1.82) is 0 Å². The van der Waals surface area contributed by atoms with Gasteiger partial charge in [-0.15, -0.1) is 6.58 Å². The van der Waals surface area contributed by atoms with E-state index in [-0.39, 0.29) is 44.4 Å². The number of urea groups is 1. The number of rotatable bonds is 6. The number of hydrogen-bond donors (Lipinski definition) is 1. The number of carbonyl (C=O) groups is 3. The molecule has 0 atom stereocenters. The van der Waals surface area contributed by atoms with Crippen LogP contribution in [-0.4, -0.2) is 47.3 Å². The van der Waals surface area contributed by atoms with Gasteiger partial charge in [0.25, 0.3) is 0 Å². The Hall–Kier alpha value is -2.22. The number of amides is 4. The van der Waals surface area contributed by atoms with E-state index in [0.29, 0.717) is 10.0 Å². The first-order valence-corrected chi connectivity index (χ1v) is 8.11. The molecule has 24 heavy (non-hydrogen) atoms. The third kappa shape index (κ3) is 4.64. The summed E-state index contributed by atoms with van der Waals surface area (Å²) >= 11 is 3.27. The summed E-state index contributed by atoms with van der Waals surface area (Å²) in [5.41, 5.74) is 0.359. The van der Waals surface area contributed by atoms with E-state index >= 15 is 0 Å². The van der Waals surface area contributed by atoms with E-state index in [2.05, 4.69) is 27.8 Å². The number of halogens is 2. The van der Waals surface area contributed by atoms with Crippen LogP contribution in [0.2, 0.25) is 0 Å². The van der Waals surface area contributed by atoms with Gasteiger partial charge in [-0.2, -0.15) is 0 Å². The van der Waals surface area contributed by atoms with Gasteiger partial charge in [-0.25, -0.2) is 9.18 Å². The molecule has 0 unspecified atom stereocenters. The van der Waals surface area contributed by atoms with Crippen molar-refractivity contribution in [2.45, 2.75) is 13.0 Å². The standard InChI is InChI=1S/C16H17BrFN3O3/c1-2-6-20(9-11-8-12(17)3-4-13(11)18)15(23)10-21-7-5-14(22)19-16(21)24/h2-4,8H,1,5-7,9-10H2,(H,19,22,24). The summed E-state index contributed by atoms with van der Waals surface area (Å²) in [6.45, 7) is 3.89. The first kappa shape index (κ1) is 18.1.